The molecule has 3 aliphatic carbocycles. The SMILES string of the molecule is C1=CC2=C(CC1)C1(c3cc(N(c4ccc(-c5ccccc5)cc4)c4ccc(-c5ccccc5)cc4)ccc3-c3ccccc32)c2ccccc2-c2cc3c(cc21)sc1ccccc13. The first kappa shape index (κ1) is 36.2. The van der Waals surface area contributed by atoms with Gasteiger partial charge in [0.25, 0.3) is 0 Å². The van der Waals surface area contributed by atoms with E-state index in [1.165, 1.54) is 98.1 Å². The molecule has 0 amide bonds. The third-order valence-corrected chi connectivity index (χ3v) is 14.9. The highest BCUT2D eigenvalue weighted by molar-refractivity contribution is 7.25. The fourth-order valence-electron chi connectivity index (χ4n) is 11.1. The zero-order valence-electron chi connectivity index (χ0n) is 34.6. The molecule has 0 aliphatic heterocycles. The number of thiophene rings is 1. The maximum atomic E-state index is 2.58. The van der Waals surface area contributed by atoms with Crippen LogP contribution in [0.5, 0.6) is 0 Å². The van der Waals surface area contributed by atoms with E-state index < -0.39 is 5.41 Å². The molecule has 0 saturated heterocycles. The van der Waals surface area contributed by atoms with Gasteiger partial charge in [-0.15, -0.1) is 11.3 Å². The average molecular weight is 820 g/mol. The first-order valence-corrected chi connectivity index (χ1v) is 22.9. The van der Waals surface area contributed by atoms with Crippen LogP contribution in [0.2, 0.25) is 0 Å². The van der Waals surface area contributed by atoms with E-state index in [0.717, 1.165) is 29.9 Å². The molecule has 3 aliphatic rings. The zero-order chi connectivity index (χ0) is 41.5. The zero-order valence-corrected chi connectivity index (χ0v) is 35.4. The summed E-state index contributed by atoms with van der Waals surface area (Å²) in [5, 5.41) is 2.68. The number of nitrogens with zero attached hydrogens (tertiary/aromatic N) is 1. The van der Waals surface area contributed by atoms with Crippen LogP contribution in [-0.4, -0.2) is 0 Å². The maximum absolute atomic E-state index is 2.58. The van der Waals surface area contributed by atoms with Crippen molar-refractivity contribution in [3.8, 4) is 44.5 Å². The largest absolute Gasteiger partial charge is 0.310 e. The van der Waals surface area contributed by atoms with Crippen LogP contribution in [0.1, 0.15) is 35.1 Å². The Bertz CT molecular complexity index is 3400. The molecule has 1 aromatic heterocycles. The minimum Gasteiger partial charge on any atom is -0.310 e. The van der Waals surface area contributed by atoms with Gasteiger partial charge in [-0.05, 0) is 145 Å². The Kier molecular flexibility index (Phi) is 8.19. The standard InChI is InChI=1S/C61H41NS/c1-3-15-40(16-4-1)42-27-31-44(32-28-42)62(45-33-29-43(30-34-45)41-17-5-2-6-18-41)46-35-36-51-48-20-8-7-19-47(48)49-21-9-12-24-55(49)61(57(51)37-46)56-25-13-10-22-50(56)53-38-54-52-23-11-14-26-59(52)63-60(54)39-58(53)61/h1-11,13-23,25-39H,12,24H2. The number of hydrogen-bond donors (Lipinski definition) is 0. The second kappa shape index (κ2) is 14.3. The molecule has 1 spiro atoms. The lowest BCUT2D eigenvalue weighted by molar-refractivity contribution is 0.701. The van der Waals surface area contributed by atoms with Gasteiger partial charge in [0.1, 0.15) is 0 Å². The predicted octanol–water partition coefficient (Wildman–Crippen LogP) is 17.0. The van der Waals surface area contributed by atoms with E-state index in [4.69, 9.17) is 0 Å². The third-order valence-electron chi connectivity index (χ3n) is 13.8. The number of fused-ring (bicyclic) bond motifs is 14. The predicted molar refractivity (Wildman–Crippen MR) is 267 cm³/mol. The molecule has 1 atom stereocenters. The Morgan fingerprint density at radius 2 is 0.937 bits per heavy atom. The van der Waals surface area contributed by atoms with Crippen molar-refractivity contribution in [2.24, 2.45) is 0 Å². The molecule has 10 aromatic rings. The normalized spacial score (nSPS) is 15.7. The summed E-state index contributed by atoms with van der Waals surface area (Å²) >= 11 is 1.92. The Morgan fingerprint density at radius 1 is 0.381 bits per heavy atom. The van der Waals surface area contributed by atoms with Crippen LogP contribution in [-0.2, 0) is 5.41 Å². The van der Waals surface area contributed by atoms with E-state index in [9.17, 15) is 0 Å². The van der Waals surface area contributed by atoms with Crippen molar-refractivity contribution in [3.05, 3.63) is 252 Å². The van der Waals surface area contributed by atoms with Crippen molar-refractivity contribution in [2.75, 3.05) is 4.90 Å². The van der Waals surface area contributed by atoms with E-state index in [1.54, 1.807) is 0 Å². The quantitative estimate of drug-likeness (QED) is 0.167. The Hall–Kier alpha value is -7.52. The summed E-state index contributed by atoms with van der Waals surface area (Å²) in [5.41, 5.74) is 21.2. The molecule has 9 aromatic carbocycles. The Labute approximate surface area is 372 Å². The van der Waals surface area contributed by atoms with E-state index in [-0.39, 0.29) is 0 Å². The van der Waals surface area contributed by atoms with E-state index in [2.05, 4.69) is 229 Å². The summed E-state index contributed by atoms with van der Waals surface area (Å²) < 4.78 is 2.68. The summed E-state index contributed by atoms with van der Waals surface area (Å²) in [5.74, 6) is 0. The molecule has 0 N–H and O–H groups in total. The molecular weight excluding hydrogens is 779 g/mol. The Balaban J connectivity index is 1.10. The van der Waals surface area contributed by atoms with Gasteiger partial charge in [0.2, 0.25) is 0 Å². The molecule has 0 radical (unpaired) electrons. The molecule has 1 heterocycles. The minimum atomic E-state index is -0.527. The van der Waals surface area contributed by atoms with Crippen LogP contribution < -0.4 is 4.90 Å². The molecule has 13 rings (SSSR count). The number of hydrogen-bond acceptors (Lipinski definition) is 2. The molecule has 0 fully saturated rings. The van der Waals surface area contributed by atoms with Gasteiger partial charge in [0.05, 0.1) is 5.41 Å². The van der Waals surface area contributed by atoms with Gasteiger partial charge in [-0.3, -0.25) is 0 Å². The fourth-order valence-corrected chi connectivity index (χ4v) is 12.2. The first-order chi connectivity index (χ1) is 31.2. The molecule has 296 valence electrons. The Morgan fingerprint density at radius 3 is 1.65 bits per heavy atom. The van der Waals surface area contributed by atoms with E-state index in [1.807, 2.05) is 11.3 Å². The minimum absolute atomic E-state index is 0.527. The van der Waals surface area contributed by atoms with Gasteiger partial charge >= 0.3 is 0 Å². The lowest BCUT2D eigenvalue weighted by Gasteiger charge is -2.39. The van der Waals surface area contributed by atoms with Crippen molar-refractivity contribution in [1.29, 1.82) is 0 Å². The lowest BCUT2D eigenvalue weighted by Crippen LogP contribution is -2.31. The molecule has 2 heteroatoms. The average Bonchev–Trinajstić information content (AvgIpc) is 3.83. The van der Waals surface area contributed by atoms with Crippen LogP contribution in [0.25, 0.3) is 70.3 Å². The van der Waals surface area contributed by atoms with Gasteiger partial charge in [0.15, 0.2) is 0 Å². The van der Waals surface area contributed by atoms with E-state index >= 15 is 0 Å². The summed E-state index contributed by atoms with van der Waals surface area (Å²) in [6.07, 6.45) is 6.81. The van der Waals surface area contributed by atoms with Crippen LogP contribution in [0.4, 0.5) is 17.1 Å². The van der Waals surface area contributed by atoms with E-state index in [0.29, 0.717) is 0 Å². The van der Waals surface area contributed by atoms with Crippen molar-refractivity contribution >= 4 is 54.1 Å². The lowest BCUT2D eigenvalue weighted by atomic mass is 9.63. The van der Waals surface area contributed by atoms with Gasteiger partial charge in [-0.1, -0.05) is 170 Å². The van der Waals surface area contributed by atoms with Gasteiger partial charge < -0.3 is 4.90 Å². The van der Waals surface area contributed by atoms with Crippen LogP contribution in [0.3, 0.4) is 0 Å². The maximum Gasteiger partial charge on any atom is 0.0689 e. The van der Waals surface area contributed by atoms with Crippen LogP contribution in [0, 0.1) is 0 Å². The number of benzene rings is 9. The molecular formula is C61H41NS. The highest BCUT2D eigenvalue weighted by atomic mass is 32.1. The number of allylic oxidation sites excluding steroid dienone is 4. The van der Waals surface area contributed by atoms with Crippen LogP contribution in [0.15, 0.2) is 230 Å². The first-order valence-electron chi connectivity index (χ1n) is 22.1. The third kappa shape index (κ3) is 5.48. The van der Waals surface area contributed by atoms with Crippen LogP contribution >= 0.6 is 11.3 Å². The fraction of sp³-hybridized carbons (Fsp3) is 0.0492. The highest BCUT2D eigenvalue weighted by Gasteiger charge is 2.51. The van der Waals surface area contributed by atoms with Gasteiger partial charge in [-0.25, -0.2) is 0 Å². The summed E-state index contributed by atoms with van der Waals surface area (Å²) in [4.78, 5) is 2.46. The summed E-state index contributed by atoms with van der Waals surface area (Å²) in [6, 6.07) is 79.4. The second-order valence-electron chi connectivity index (χ2n) is 17.1. The number of rotatable bonds is 5. The van der Waals surface area contributed by atoms with Gasteiger partial charge in [0, 0.05) is 37.2 Å². The van der Waals surface area contributed by atoms with Crippen molar-refractivity contribution in [2.45, 2.75) is 18.3 Å². The monoisotopic (exact) mass is 819 g/mol. The van der Waals surface area contributed by atoms with Gasteiger partial charge in [-0.2, -0.15) is 0 Å². The molecule has 0 bridgehead atoms. The topological polar surface area (TPSA) is 3.24 Å². The summed E-state index contributed by atoms with van der Waals surface area (Å²) in [7, 11) is 0. The summed E-state index contributed by atoms with van der Waals surface area (Å²) in [6.45, 7) is 0. The highest BCUT2D eigenvalue weighted by Crippen LogP contribution is 2.64. The second-order valence-corrected chi connectivity index (χ2v) is 18.1. The smallest absolute Gasteiger partial charge is 0.0689 e. The van der Waals surface area contributed by atoms with Crippen molar-refractivity contribution < 1.29 is 0 Å². The molecule has 63 heavy (non-hydrogen) atoms. The molecule has 0 saturated carbocycles. The van der Waals surface area contributed by atoms with Crippen molar-refractivity contribution in [1.82, 2.24) is 0 Å². The van der Waals surface area contributed by atoms with Crippen molar-refractivity contribution in [3.63, 3.8) is 0 Å². The molecule has 1 nitrogen and oxygen atoms in total. The molecule has 1 unspecified atom stereocenters. The number of anilines is 3.